The van der Waals surface area contributed by atoms with Crippen LogP contribution in [0.4, 0.5) is 0 Å². The normalized spacial score (nSPS) is 23.9. The summed E-state index contributed by atoms with van der Waals surface area (Å²) in [7, 11) is 0. The van der Waals surface area contributed by atoms with E-state index in [1.807, 2.05) is 37.3 Å². The zero-order valence-corrected chi connectivity index (χ0v) is 14.6. The van der Waals surface area contributed by atoms with Crippen LogP contribution in [0.3, 0.4) is 0 Å². The minimum absolute atomic E-state index is 0.0517. The molecule has 1 N–H and O–H groups in total. The van der Waals surface area contributed by atoms with Crippen molar-refractivity contribution in [2.24, 2.45) is 5.10 Å². The second kappa shape index (κ2) is 6.88. The summed E-state index contributed by atoms with van der Waals surface area (Å²) in [6, 6.07) is 9.67. The van der Waals surface area contributed by atoms with Gasteiger partial charge in [0.15, 0.2) is 0 Å². The average Bonchev–Trinajstić information content (AvgIpc) is 3.07. The highest BCUT2D eigenvalue weighted by molar-refractivity contribution is 6.00. The largest absolute Gasteiger partial charge is 0.431 e. The molecule has 0 saturated carbocycles. The Hall–Kier alpha value is -2.34. The molecule has 1 atom stereocenters. The van der Waals surface area contributed by atoms with Gasteiger partial charge in [-0.2, -0.15) is 5.01 Å². The summed E-state index contributed by atoms with van der Waals surface area (Å²) in [5, 5.41) is 9.12. The van der Waals surface area contributed by atoms with Crippen molar-refractivity contribution in [3.8, 4) is 0 Å². The summed E-state index contributed by atoms with van der Waals surface area (Å²) in [4.78, 5) is 15.3. The fourth-order valence-corrected chi connectivity index (χ4v) is 3.60. The van der Waals surface area contributed by atoms with Crippen LogP contribution in [0.1, 0.15) is 38.2 Å². The van der Waals surface area contributed by atoms with Crippen molar-refractivity contribution in [1.82, 2.24) is 15.2 Å². The molecule has 0 aliphatic carbocycles. The van der Waals surface area contributed by atoms with Crippen molar-refractivity contribution in [3.63, 3.8) is 0 Å². The molecule has 1 unspecified atom stereocenters. The molecule has 3 aliphatic rings. The highest BCUT2D eigenvalue weighted by atomic mass is 16.6. The van der Waals surface area contributed by atoms with Crippen LogP contribution in [-0.4, -0.2) is 47.7 Å². The number of hydrogen-bond acceptors (Lipinski definition) is 5. The van der Waals surface area contributed by atoms with E-state index in [1.165, 1.54) is 24.3 Å². The van der Waals surface area contributed by atoms with E-state index in [0.29, 0.717) is 5.90 Å². The molecule has 1 saturated heterocycles. The maximum atomic E-state index is 12.9. The lowest BCUT2D eigenvalue weighted by Gasteiger charge is -2.31. The molecule has 1 amide bonds. The van der Waals surface area contributed by atoms with E-state index in [4.69, 9.17) is 4.74 Å². The number of hydrogen-bond donors (Lipinski definition) is 1. The van der Waals surface area contributed by atoms with Crippen LogP contribution in [0.2, 0.25) is 0 Å². The lowest BCUT2D eigenvalue weighted by Crippen LogP contribution is -2.49. The molecule has 0 bridgehead atoms. The molecule has 1 fully saturated rings. The highest BCUT2D eigenvalue weighted by Crippen LogP contribution is 2.26. The van der Waals surface area contributed by atoms with Gasteiger partial charge < -0.3 is 15.0 Å². The summed E-state index contributed by atoms with van der Waals surface area (Å²) < 4.78 is 5.83. The van der Waals surface area contributed by atoms with Gasteiger partial charge in [0.05, 0.1) is 0 Å². The number of allylic oxidation sites excluding steroid dienone is 1. The van der Waals surface area contributed by atoms with Gasteiger partial charge in [0.25, 0.3) is 12.3 Å². The average molecular weight is 340 g/mol. The molecule has 25 heavy (non-hydrogen) atoms. The van der Waals surface area contributed by atoms with Crippen LogP contribution in [0.25, 0.3) is 0 Å². The standard InChI is InChI=1S/C19H24N4O2/c1-14-16(10-13-22-11-6-3-7-12-22)18(24)23-19(20-14)25-17(21-23)15-8-4-2-5-9-15/h2,4-5,8-9,19-20H,3,6-7,10-13H2,1H3. The second-order valence-electron chi connectivity index (χ2n) is 6.79. The Morgan fingerprint density at radius 2 is 1.96 bits per heavy atom. The van der Waals surface area contributed by atoms with Gasteiger partial charge in [-0.25, -0.2) is 0 Å². The van der Waals surface area contributed by atoms with Gasteiger partial charge in [0.1, 0.15) is 0 Å². The number of nitrogens with one attached hydrogen (secondary N) is 1. The van der Waals surface area contributed by atoms with E-state index in [1.54, 1.807) is 0 Å². The van der Waals surface area contributed by atoms with Crippen molar-refractivity contribution in [2.45, 2.75) is 39.0 Å². The van der Waals surface area contributed by atoms with E-state index in [9.17, 15) is 4.79 Å². The molecule has 0 radical (unpaired) electrons. The van der Waals surface area contributed by atoms with Crippen LogP contribution in [-0.2, 0) is 9.53 Å². The van der Waals surface area contributed by atoms with Gasteiger partial charge >= 0.3 is 0 Å². The maximum absolute atomic E-state index is 12.9. The molecule has 1 aromatic carbocycles. The van der Waals surface area contributed by atoms with E-state index in [-0.39, 0.29) is 5.91 Å². The zero-order chi connectivity index (χ0) is 17.2. The zero-order valence-electron chi connectivity index (χ0n) is 14.6. The summed E-state index contributed by atoms with van der Waals surface area (Å²) in [6.45, 7) is 5.15. The molecule has 6 heteroatoms. The van der Waals surface area contributed by atoms with Crippen molar-refractivity contribution in [2.75, 3.05) is 19.6 Å². The lowest BCUT2D eigenvalue weighted by molar-refractivity contribution is -0.136. The number of carbonyl (C=O) groups excluding carboxylic acids is 1. The molecular weight excluding hydrogens is 316 g/mol. The number of ether oxygens (including phenoxy) is 1. The van der Waals surface area contributed by atoms with Crippen molar-refractivity contribution >= 4 is 11.8 Å². The Labute approximate surface area is 148 Å². The quantitative estimate of drug-likeness (QED) is 0.913. The molecule has 0 spiro atoms. The molecule has 3 aliphatic heterocycles. The van der Waals surface area contributed by atoms with Gasteiger partial charge in [-0.3, -0.25) is 4.79 Å². The molecule has 4 rings (SSSR count). The minimum atomic E-state index is -0.540. The molecular formula is C19H24N4O2. The summed E-state index contributed by atoms with van der Waals surface area (Å²) in [5.41, 5.74) is 2.58. The van der Waals surface area contributed by atoms with Crippen LogP contribution in [0.5, 0.6) is 0 Å². The molecule has 6 nitrogen and oxygen atoms in total. The van der Waals surface area contributed by atoms with E-state index in [2.05, 4.69) is 15.3 Å². The number of fused-ring (bicyclic) bond motifs is 1. The van der Waals surface area contributed by atoms with E-state index in [0.717, 1.165) is 42.9 Å². The first-order chi connectivity index (χ1) is 12.2. The Balaban J connectivity index is 1.46. The Morgan fingerprint density at radius 3 is 2.72 bits per heavy atom. The predicted molar refractivity (Wildman–Crippen MR) is 95.4 cm³/mol. The van der Waals surface area contributed by atoms with Crippen LogP contribution in [0, 0.1) is 0 Å². The number of rotatable bonds is 4. The van der Waals surface area contributed by atoms with Crippen molar-refractivity contribution in [1.29, 1.82) is 0 Å². The number of nitrogens with zero attached hydrogens (tertiary/aromatic N) is 3. The van der Waals surface area contributed by atoms with Gasteiger partial charge in [-0.15, -0.1) is 5.10 Å². The molecule has 0 aromatic heterocycles. The summed E-state index contributed by atoms with van der Waals surface area (Å²) >= 11 is 0. The Kier molecular flexibility index (Phi) is 4.44. The fraction of sp³-hybridized carbons (Fsp3) is 0.474. The maximum Gasteiger partial charge on any atom is 0.276 e. The third kappa shape index (κ3) is 3.26. The van der Waals surface area contributed by atoms with Gasteiger partial charge in [0.2, 0.25) is 5.90 Å². The predicted octanol–water partition coefficient (Wildman–Crippen LogP) is 2.24. The molecule has 3 heterocycles. The number of piperidine rings is 1. The number of carbonyl (C=O) groups is 1. The SMILES string of the molecule is CC1=C(CCN2CCCCC2)C(=O)N2N=C(c3ccccc3)OC2N1. The fourth-order valence-electron chi connectivity index (χ4n) is 3.60. The van der Waals surface area contributed by atoms with Crippen LogP contribution >= 0.6 is 0 Å². The minimum Gasteiger partial charge on any atom is -0.431 e. The third-order valence-electron chi connectivity index (χ3n) is 5.05. The van der Waals surface area contributed by atoms with Gasteiger partial charge in [-0.1, -0.05) is 24.6 Å². The second-order valence-corrected chi connectivity index (χ2v) is 6.79. The topological polar surface area (TPSA) is 57.2 Å². The first-order valence-corrected chi connectivity index (χ1v) is 9.05. The summed E-state index contributed by atoms with van der Waals surface area (Å²) in [5.74, 6) is 0.431. The molecule has 1 aromatic rings. The first-order valence-electron chi connectivity index (χ1n) is 9.05. The lowest BCUT2D eigenvalue weighted by atomic mass is 10.1. The van der Waals surface area contributed by atoms with Gasteiger partial charge in [-0.05, 0) is 51.4 Å². The number of amides is 1. The number of hydrazone groups is 1. The Bertz CT molecular complexity index is 707. The van der Waals surface area contributed by atoms with E-state index < -0.39 is 6.35 Å². The first kappa shape index (κ1) is 16.1. The molecule has 132 valence electrons. The summed E-state index contributed by atoms with van der Waals surface area (Å²) in [6.07, 6.45) is 4.05. The number of benzene rings is 1. The smallest absolute Gasteiger partial charge is 0.276 e. The highest BCUT2D eigenvalue weighted by Gasteiger charge is 2.39. The van der Waals surface area contributed by atoms with Crippen LogP contribution < -0.4 is 5.32 Å². The van der Waals surface area contributed by atoms with Crippen LogP contribution in [0.15, 0.2) is 46.7 Å². The van der Waals surface area contributed by atoms with Crippen molar-refractivity contribution < 1.29 is 9.53 Å². The van der Waals surface area contributed by atoms with Gasteiger partial charge in [0, 0.05) is 23.4 Å². The monoisotopic (exact) mass is 340 g/mol. The van der Waals surface area contributed by atoms with Crippen molar-refractivity contribution in [3.05, 3.63) is 47.2 Å². The van der Waals surface area contributed by atoms with E-state index >= 15 is 0 Å². The third-order valence-corrected chi connectivity index (χ3v) is 5.05. The number of likely N-dealkylation sites (tertiary alicyclic amines) is 1. The Morgan fingerprint density at radius 1 is 1.20 bits per heavy atom.